The van der Waals surface area contributed by atoms with Crippen molar-refractivity contribution < 1.29 is 13.7 Å². The van der Waals surface area contributed by atoms with Gasteiger partial charge in [0.05, 0.1) is 16.8 Å². The molecule has 2 aromatic carbocycles. The zero-order valence-corrected chi connectivity index (χ0v) is 13.7. The normalized spacial score (nSPS) is 10.9. The van der Waals surface area contributed by atoms with E-state index in [1.165, 1.54) is 29.5 Å². The Bertz CT molecular complexity index is 1020. The van der Waals surface area contributed by atoms with Crippen LogP contribution in [0.25, 0.3) is 21.5 Å². The minimum atomic E-state index is -0.394. The number of aromatic nitrogens is 2. The highest BCUT2D eigenvalue weighted by Crippen LogP contribution is 2.22. The van der Waals surface area contributed by atoms with Crippen LogP contribution in [0.1, 0.15) is 15.6 Å². The molecule has 0 fully saturated rings. The Balaban J connectivity index is 1.46. The molecular weight excluding hydrogens is 341 g/mol. The summed E-state index contributed by atoms with van der Waals surface area (Å²) in [6.45, 7) is 0.300. The summed E-state index contributed by atoms with van der Waals surface area (Å²) in [6, 6.07) is 15.2. The summed E-state index contributed by atoms with van der Waals surface area (Å²) in [7, 11) is 0. The first-order valence-corrected chi connectivity index (χ1v) is 8.36. The van der Waals surface area contributed by atoms with Crippen LogP contribution in [-0.2, 0) is 6.54 Å². The van der Waals surface area contributed by atoms with Crippen LogP contribution in [-0.4, -0.2) is 16.0 Å². The molecule has 1 amide bonds. The molecule has 124 valence electrons. The lowest BCUT2D eigenvalue weighted by Crippen LogP contribution is -2.22. The maximum Gasteiger partial charge on any atom is 0.290 e. The third kappa shape index (κ3) is 3.27. The van der Waals surface area contributed by atoms with Gasteiger partial charge in [-0.25, -0.2) is 9.37 Å². The molecule has 0 saturated heterocycles. The summed E-state index contributed by atoms with van der Waals surface area (Å²) in [5, 5.41) is 7.38. The van der Waals surface area contributed by atoms with Gasteiger partial charge in [-0.2, -0.15) is 0 Å². The van der Waals surface area contributed by atoms with Gasteiger partial charge in [-0.05, 0) is 24.3 Å². The largest absolute Gasteiger partial charge is 0.350 e. The molecule has 4 rings (SSSR count). The number of fused-ring (bicyclic) bond motifs is 1. The van der Waals surface area contributed by atoms with E-state index >= 15 is 0 Å². The lowest BCUT2D eigenvalue weighted by Gasteiger charge is -1.98. The van der Waals surface area contributed by atoms with Gasteiger partial charge in [-0.15, -0.1) is 11.3 Å². The smallest absolute Gasteiger partial charge is 0.290 e. The van der Waals surface area contributed by atoms with Crippen LogP contribution in [0.3, 0.4) is 0 Å². The highest BCUT2D eigenvalue weighted by Gasteiger charge is 2.15. The molecule has 4 aromatic rings. The number of nitrogens with one attached hydrogen (secondary N) is 1. The second-order valence-electron chi connectivity index (χ2n) is 5.34. The minimum absolute atomic E-state index is 0.0698. The van der Waals surface area contributed by atoms with E-state index in [9.17, 15) is 9.18 Å². The fourth-order valence-electron chi connectivity index (χ4n) is 2.40. The summed E-state index contributed by atoms with van der Waals surface area (Å²) >= 11 is 1.52. The van der Waals surface area contributed by atoms with Gasteiger partial charge in [0.15, 0.2) is 0 Å². The van der Waals surface area contributed by atoms with E-state index in [1.807, 2.05) is 24.3 Å². The van der Waals surface area contributed by atoms with Gasteiger partial charge >= 0.3 is 0 Å². The minimum Gasteiger partial charge on any atom is -0.350 e. The molecule has 0 bridgehead atoms. The highest BCUT2D eigenvalue weighted by molar-refractivity contribution is 7.18. The van der Waals surface area contributed by atoms with Crippen LogP contribution in [0.5, 0.6) is 0 Å². The van der Waals surface area contributed by atoms with Gasteiger partial charge in [0.1, 0.15) is 16.5 Å². The summed E-state index contributed by atoms with van der Waals surface area (Å²) in [5.74, 6) is -0.697. The number of rotatable bonds is 4. The molecular formula is C18H12FN3O2S. The van der Waals surface area contributed by atoms with E-state index in [1.54, 1.807) is 12.1 Å². The molecule has 0 aliphatic heterocycles. The van der Waals surface area contributed by atoms with Crippen molar-refractivity contribution in [2.45, 2.75) is 6.54 Å². The second kappa shape index (κ2) is 6.45. The van der Waals surface area contributed by atoms with Crippen LogP contribution in [0.2, 0.25) is 0 Å². The molecule has 0 aliphatic rings. The standard InChI is InChI=1S/C18H12FN3O2S/c19-12-5-3-4-11(8-12)14-9-15(24-22-14)18(23)20-10-17-21-13-6-1-2-7-16(13)25-17/h1-9H,10H2,(H,20,23). The van der Waals surface area contributed by atoms with Crippen molar-refractivity contribution in [2.75, 3.05) is 0 Å². The molecule has 2 aromatic heterocycles. The molecule has 2 heterocycles. The Morgan fingerprint density at radius 1 is 1.16 bits per heavy atom. The third-order valence-corrected chi connectivity index (χ3v) is 4.63. The third-order valence-electron chi connectivity index (χ3n) is 3.59. The Morgan fingerprint density at radius 2 is 2.04 bits per heavy atom. The predicted octanol–water partition coefficient (Wildman–Crippen LogP) is 4.02. The number of hydrogen-bond acceptors (Lipinski definition) is 5. The first-order chi connectivity index (χ1) is 12.2. The SMILES string of the molecule is O=C(NCc1nc2ccccc2s1)c1cc(-c2cccc(F)c2)no1. The monoisotopic (exact) mass is 353 g/mol. The Labute approximate surface area is 146 Å². The molecule has 1 N–H and O–H groups in total. The molecule has 7 heteroatoms. The van der Waals surface area contributed by atoms with Crippen LogP contribution in [0.15, 0.2) is 59.1 Å². The van der Waals surface area contributed by atoms with Gasteiger partial charge in [0.25, 0.3) is 5.91 Å². The Morgan fingerprint density at radius 3 is 2.88 bits per heavy atom. The molecule has 0 aliphatic carbocycles. The first kappa shape index (κ1) is 15.5. The number of para-hydroxylation sites is 1. The average Bonchev–Trinajstić information content (AvgIpc) is 3.26. The molecule has 0 spiro atoms. The van der Waals surface area contributed by atoms with Crippen LogP contribution in [0.4, 0.5) is 4.39 Å². The van der Waals surface area contributed by atoms with Crippen molar-refractivity contribution in [2.24, 2.45) is 0 Å². The van der Waals surface area contributed by atoms with Crippen molar-refractivity contribution in [1.82, 2.24) is 15.5 Å². The lowest BCUT2D eigenvalue weighted by molar-refractivity contribution is 0.0914. The topological polar surface area (TPSA) is 68.0 Å². The van der Waals surface area contributed by atoms with E-state index in [-0.39, 0.29) is 11.6 Å². The van der Waals surface area contributed by atoms with Crippen molar-refractivity contribution in [3.8, 4) is 11.3 Å². The molecule has 0 saturated carbocycles. The number of benzene rings is 2. The van der Waals surface area contributed by atoms with Crippen LogP contribution in [0, 0.1) is 5.82 Å². The van der Waals surface area contributed by atoms with E-state index in [0.29, 0.717) is 17.8 Å². The van der Waals surface area contributed by atoms with Crippen LogP contribution >= 0.6 is 11.3 Å². The van der Waals surface area contributed by atoms with Gasteiger partial charge in [0, 0.05) is 11.6 Å². The van der Waals surface area contributed by atoms with E-state index in [2.05, 4.69) is 15.5 Å². The van der Waals surface area contributed by atoms with E-state index < -0.39 is 5.91 Å². The van der Waals surface area contributed by atoms with Gasteiger partial charge < -0.3 is 9.84 Å². The summed E-state index contributed by atoms with van der Waals surface area (Å²) in [4.78, 5) is 16.7. The van der Waals surface area contributed by atoms with Crippen molar-refractivity contribution in [1.29, 1.82) is 0 Å². The summed E-state index contributed by atoms with van der Waals surface area (Å²) in [5.41, 5.74) is 1.86. The zero-order valence-electron chi connectivity index (χ0n) is 12.9. The lowest BCUT2D eigenvalue weighted by atomic mass is 10.1. The Hall–Kier alpha value is -3.06. The van der Waals surface area contributed by atoms with Gasteiger partial charge in [-0.1, -0.05) is 29.4 Å². The fourth-order valence-corrected chi connectivity index (χ4v) is 3.31. The van der Waals surface area contributed by atoms with E-state index in [4.69, 9.17) is 4.52 Å². The number of hydrogen-bond donors (Lipinski definition) is 1. The predicted molar refractivity (Wildman–Crippen MR) is 92.7 cm³/mol. The highest BCUT2D eigenvalue weighted by atomic mass is 32.1. The number of thiazole rings is 1. The first-order valence-electron chi connectivity index (χ1n) is 7.54. The maximum absolute atomic E-state index is 13.3. The number of halogens is 1. The average molecular weight is 353 g/mol. The van der Waals surface area contributed by atoms with Gasteiger partial charge in [-0.3, -0.25) is 4.79 Å². The number of carbonyl (C=O) groups is 1. The molecule has 0 radical (unpaired) electrons. The van der Waals surface area contributed by atoms with Crippen molar-refractivity contribution in [3.63, 3.8) is 0 Å². The molecule has 25 heavy (non-hydrogen) atoms. The number of carbonyl (C=O) groups excluding carboxylic acids is 1. The van der Waals surface area contributed by atoms with Crippen LogP contribution < -0.4 is 5.32 Å². The zero-order chi connectivity index (χ0) is 17.2. The Kier molecular flexibility index (Phi) is 3.99. The second-order valence-corrected chi connectivity index (χ2v) is 6.46. The fraction of sp³-hybridized carbons (Fsp3) is 0.0556. The molecule has 0 atom stereocenters. The van der Waals surface area contributed by atoms with E-state index in [0.717, 1.165) is 15.2 Å². The number of nitrogens with zero attached hydrogens (tertiary/aromatic N) is 2. The maximum atomic E-state index is 13.3. The number of amides is 1. The van der Waals surface area contributed by atoms with Crippen molar-refractivity contribution >= 4 is 27.5 Å². The quantitative estimate of drug-likeness (QED) is 0.602. The molecule has 0 unspecified atom stereocenters. The summed E-state index contributed by atoms with van der Waals surface area (Å²) < 4.78 is 19.4. The summed E-state index contributed by atoms with van der Waals surface area (Å²) in [6.07, 6.45) is 0. The van der Waals surface area contributed by atoms with Crippen molar-refractivity contribution in [3.05, 3.63) is 71.2 Å². The molecule has 5 nitrogen and oxygen atoms in total. The van der Waals surface area contributed by atoms with Gasteiger partial charge in [0.2, 0.25) is 5.76 Å².